The zero-order valence-electron chi connectivity index (χ0n) is 23.1. The molecular formula is C38H29N3. The number of hydrogen-bond donors (Lipinski definition) is 2. The van der Waals surface area contributed by atoms with Crippen LogP contribution in [0.15, 0.2) is 121 Å². The monoisotopic (exact) mass is 527 g/mol. The lowest BCUT2D eigenvalue weighted by Gasteiger charge is -2.10. The number of nitrogens with two attached hydrogens (primary N) is 1. The number of aryl methyl sites for hydroxylation is 2. The summed E-state index contributed by atoms with van der Waals surface area (Å²) in [6.07, 6.45) is 0. The first-order valence-electron chi connectivity index (χ1n) is 14.1. The number of nitrogen functional groups attached to an aromatic ring is 1. The second kappa shape index (κ2) is 8.87. The van der Waals surface area contributed by atoms with Crippen molar-refractivity contribution in [1.82, 2.24) is 9.55 Å². The molecule has 0 atom stereocenters. The Morgan fingerprint density at radius 3 is 1.44 bits per heavy atom. The number of hydrogen-bond acceptors (Lipinski definition) is 1. The van der Waals surface area contributed by atoms with Gasteiger partial charge in [0.25, 0.3) is 0 Å². The number of benzene rings is 6. The largest absolute Gasteiger partial charge is 0.399 e. The average Bonchev–Trinajstić information content (AvgIpc) is 3.51. The summed E-state index contributed by atoms with van der Waals surface area (Å²) in [7, 11) is 0. The Bertz CT molecular complexity index is 2200. The number of aromatic nitrogens is 2. The van der Waals surface area contributed by atoms with E-state index < -0.39 is 0 Å². The molecule has 8 aromatic rings. The molecule has 0 saturated carbocycles. The third kappa shape index (κ3) is 3.81. The molecule has 2 aromatic heterocycles. The number of nitrogens with zero attached hydrogens (tertiary/aromatic N) is 1. The maximum Gasteiger partial charge on any atom is 0.0541 e. The van der Waals surface area contributed by atoms with E-state index in [1.165, 1.54) is 66.1 Å². The fourth-order valence-corrected chi connectivity index (χ4v) is 6.26. The van der Waals surface area contributed by atoms with Gasteiger partial charge in [0.15, 0.2) is 0 Å². The van der Waals surface area contributed by atoms with Gasteiger partial charge in [0, 0.05) is 44.0 Å². The topological polar surface area (TPSA) is 46.7 Å². The van der Waals surface area contributed by atoms with Crippen molar-refractivity contribution in [2.75, 3.05) is 5.73 Å². The zero-order valence-corrected chi connectivity index (χ0v) is 23.1. The van der Waals surface area contributed by atoms with Gasteiger partial charge in [-0.3, -0.25) is 0 Å². The summed E-state index contributed by atoms with van der Waals surface area (Å²) in [5.41, 5.74) is 19.9. The van der Waals surface area contributed by atoms with Crippen LogP contribution >= 0.6 is 0 Å². The highest BCUT2D eigenvalue weighted by atomic mass is 15.0. The molecule has 0 radical (unpaired) electrons. The summed E-state index contributed by atoms with van der Waals surface area (Å²) in [6, 6.07) is 43.9. The van der Waals surface area contributed by atoms with Gasteiger partial charge in [0.2, 0.25) is 0 Å². The van der Waals surface area contributed by atoms with Crippen LogP contribution in [0.5, 0.6) is 0 Å². The maximum absolute atomic E-state index is 5.92. The van der Waals surface area contributed by atoms with Crippen molar-refractivity contribution >= 4 is 49.3 Å². The van der Waals surface area contributed by atoms with E-state index in [2.05, 4.69) is 133 Å². The van der Waals surface area contributed by atoms with Crippen LogP contribution in [0.25, 0.3) is 71.6 Å². The lowest BCUT2D eigenvalue weighted by molar-refractivity contribution is 1.18. The van der Waals surface area contributed by atoms with E-state index in [-0.39, 0.29) is 0 Å². The Labute approximate surface area is 238 Å². The van der Waals surface area contributed by atoms with Crippen molar-refractivity contribution in [3.8, 4) is 27.9 Å². The molecule has 0 spiro atoms. The molecule has 6 aromatic carbocycles. The van der Waals surface area contributed by atoms with Crippen LogP contribution in [0.3, 0.4) is 0 Å². The summed E-state index contributed by atoms with van der Waals surface area (Å²) < 4.78 is 2.38. The smallest absolute Gasteiger partial charge is 0.0541 e. The minimum Gasteiger partial charge on any atom is -0.399 e. The van der Waals surface area contributed by atoms with Crippen molar-refractivity contribution in [2.45, 2.75) is 13.8 Å². The van der Waals surface area contributed by atoms with Crippen LogP contribution in [-0.2, 0) is 0 Å². The lowest BCUT2D eigenvalue weighted by Crippen LogP contribution is -1.93. The Balaban J connectivity index is 1.22. The molecule has 0 fully saturated rings. The quantitative estimate of drug-likeness (QED) is 0.221. The average molecular weight is 528 g/mol. The van der Waals surface area contributed by atoms with Gasteiger partial charge < -0.3 is 15.3 Å². The van der Waals surface area contributed by atoms with Crippen LogP contribution in [-0.4, -0.2) is 9.55 Å². The molecule has 3 nitrogen and oxygen atoms in total. The molecule has 3 N–H and O–H groups in total. The van der Waals surface area contributed by atoms with Crippen molar-refractivity contribution in [2.24, 2.45) is 0 Å². The highest BCUT2D eigenvalue weighted by Gasteiger charge is 2.13. The van der Waals surface area contributed by atoms with E-state index >= 15 is 0 Å². The number of nitrogens with one attached hydrogen (secondary N) is 1. The van der Waals surface area contributed by atoms with E-state index in [0.29, 0.717) is 0 Å². The van der Waals surface area contributed by atoms with Crippen LogP contribution in [0.2, 0.25) is 0 Å². The van der Waals surface area contributed by atoms with Gasteiger partial charge >= 0.3 is 0 Å². The molecule has 41 heavy (non-hydrogen) atoms. The molecule has 0 unspecified atom stereocenters. The molecule has 0 saturated heterocycles. The lowest BCUT2D eigenvalue weighted by atomic mass is 10.00. The van der Waals surface area contributed by atoms with E-state index in [4.69, 9.17) is 5.73 Å². The normalized spacial score (nSPS) is 11.8. The van der Waals surface area contributed by atoms with E-state index in [1.807, 2.05) is 12.1 Å². The Kier molecular flexibility index (Phi) is 5.10. The van der Waals surface area contributed by atoms with Crippen molar-refractivity contribution in [3.05, 3.63) is 132 Å². The van der Waals surface area contributed by atoms with Crippen molar-refractivity contribution < 1.29 is 0 Å². The molecule has 196 valence electrons. The van der Waals surface area contributed by atoms with Crippen LogP contribution < -0.4 is 5.73 Å². The summed E-state index contributed by atoms with van der Waals surface area (Å²) in [5, 5.41) is 5.06. The Hall–Kier alpha value is -5.28. The van der Waals surface area contributed by atoms with Crippen molar-refractivity contribution in [1.29, 1.82) is 0 Å². The number of anilines is 1. The summed E-state index contributed by atoms with van der Waals surface area (Å²) in [6.45, 7) is 4.33. The summed E-state index contributed by atoms with van der Waals surface area (Å²) >= 11 is 0. The molecule has 8 rings (SSSR count). The van der Waals surface area contributed by atoms with Gasteiger partial charge in [0.05, 0.1) is 11.0 Å². The molecule has 3 heteroatoms. The fraction of sp³-hybridized carbons (Fsp3) is 0.0526. The van der Waals surface area contributed by atoms with Crippen molar-refractivity contribution in [3.63, 3.8) is 0 Å². The number of H-pyrrole nitrogens is 1. The molecule has 0 aliphatic carbocycles. The predicted octanol–water partition coefficient (Wildman–Crippen LogP) is 9.95. The standard InChI is InChI=1S/C38H29N3/c1-23-3-17-37-33(19-23)34-20-24(2)4-18-38(34)41(37)30-13-7-26(8-14-30)28-10-16-36-32(22-28)31-21-27(9-15-35(31)40-36)25-5-11-29(39)12-6-25/h3-22,40H,39H2,1-2H3. The molecule has 0 bridgehead atoms. The third-order valence-electron chi connectivity index (χ3n) is 8.38. The second-order valence-electron chi connectivity index (χ2n) is 11.2. The molecule has 2 heterocycles. The number of aromatic amines is 1. The highest BCUT2D eigenvalue weighted by Crippen LogP contribution is 2.36. The van der Waals surface area contributed by atoms with E-state index in [9.17, 15) is 0 Å². The highest BCUT2D eigenvalue weighted by molar-refractivity contribution is 6.11. The van der Waals surface area contributed by atoms with Gasteiger partial charge in [-0.05, 0) is 109 Å². The molecule has 0 aliphatic rings. The summed E-state index contributed by atoms with van der Waals surface area (Å²) in [4.78, 5) is 3.59. The first-order chi connectivity index (χ1) is 20.0. The second-order valence-corrected chi connectivity index (χ2v) is 11.2. The van der Waals surface area contributed by atoms with Crippen LogP contribution in [0, 0.1) is 13.8 Å². The summed E-state index contributed by atoms with van der Waals surface area (Å²) in [5.74, 6) is 0. The van der Waals surface area contributed by atoms with Gasteiger partial charge in [-0.1, -0.05) is 59.7 Å². The number of fused-ring (bicyclic) bond motifs is 6. The van der Waals surface area contributed by atoms with Crippen LogP contribution in [0.1, 0.15) is 11.1 Å². The first kappa shape index (κ1) is 23.6. The molecule has 0 aliphatic heterocycles. The molecular weight excluding hydrogens is 498 g/mol. The Morgan fingerprint density at radius 1 is 0.463 bits per heavy atom. The van der Waals surface area contributed by atoms with Gasteiger partial charge in [-0.2, -0.15) is 0 Å². The van der Waals surface area contributed by atoms with E-state index in [1.54, 1.807) is 0 Å². The fourth-order valence-electron chi connectivity index (χ4n) is 6.26. The number of rotatable bonds is 3. The van der Waals surface area contributed by atoms with Gasteiger partial charge in [-0.15, -0.1) is 0 Å². The Morgan fingerprint density at radius 2 is 0.927 bits per heavy atom. The van der Waals surface area contributed by atoms with E-state index in [0.717, 1.165) is 22.3 Å². The van der Waals surface area contributed by atoms with Crippen LogP contribution in [0.4, 0.5) is 5.69 Å². The van der Waals surface area contributed by atoms with Gasteiger partial charge in [0.1, 0.15) is 0 Å². The predicted molar refractivity (Wildman–Crippen MR) is 175 cm³/mol. The minimum atomic E-state index is 0.779. The first-order valence-corrected chi connectivity index (χ1v) is 14.1. The molecule has 0 amide bonds. The maximum atomic E-state index is 5.92. The zero-order chi connectivity index (χ0) is 27.7. The third-order valence-corrected chi connectivity index (χ3v) is 8.38. The minimum absolute atomic E-state index is 0.779. The van der Waals surface area contributed by atoms with Gasteiger partial charge in [-0.25, -0.2) is 0 Å². The SMILES string of the molecule is Cc1ccc2c(c1)c1cc(C)ccc1n2-c1ccc(-c2ccc3[nH]c4ccc(-c5ccc(N)cc5)cc4c3c2)cc1.